The molecule has 0 N–H and O–H groups in total. The summed E-state index contributed by atoms with van der Waals surface area (Å²) in [6, 6.07) is 7.79. The minimum Gasteiger partial charge on any atom is -0.483 e. The van der Waals surface area contributed by atoms with Crippen LogP contribution in [0.15, 0.2) is 22.7 Å². The number of halogens is 2. The lowest BCUT2D eigenvalue weighted by atomic mass is 10.3. The monoisotopic (exact) mass is 353 g/mol. The summed E-state index contributed by atoms with van der Waals surface area (Å²) in [5, 5.41) is 17.1. The topological polar surface area (TPSA) is 77.1 Å². The lowest BCUT2D eigenvalue weighted by Gasteiger charge is -2.20. The van der Waals surface area contributed by atoms with Gasteiger partial charge in [-0.25, -0.2) is 4.39 Å². The minimum atomic E-state index is -0.412. The number of benzene rings is 1. The second-order valence-corrected chi connectivity index (χ2v) is 4.91. The first-order valence-corrected chi connectivity index (χ1v) is 6.97. The maximum atomic E-state index is 12.9. The minimum absolute atomic E-state index is 0.192. The van der Waals surface area contributed by atoms with Crippen molar-refractivity contribution in [1.82, 2.24) is 4.90 Å². The van der Waals surface area contributed by atoms with E-state index in [2.05, 4.69) is 15.9 Å². The summed E-state index contributed by atoms with van der Waals surface area (Å²) in [6.45, 7) is 0.275. The fourth-order valence-corrected chi connectivity index (χ4v) is 2.02. The number of carbonyl (C=O) groups excluding carboxylic acids is 1. The van der Waals surface area contributed by atoms with Gasteiger partial charge in [0.05, 0.1) is 29.5 Å². The first-order valence-electron chi connectivity index (χ1n) is 6.18. The van der Waals surface area contributed by atoms with Gasteiger partial charge in [0.2, 0.25) is 0 Å². The molecule has 0 fully saturated rings. The molecule has 0 spiro atoms. The number of hydrogen-bond acceptors (Lipinski definition) is 4. The maximum absolute atomic E-state index is 12.9. The van der Waals surface area contributed by atoms with Crippen LogP contribution in [0.4, 0.5) is 4.39 Å². The highest BCUT2D eigenvalue weighted by atomic mass is 79.9. The Balaban J connectivity index is 2.60. The molecule has 0 heterocycles. The molecule has 0 saturated carbocycles. The Kier molecular flexibility index (Phi) is 7.20. The van der Waals surface area contributed by atoms with E-state index in [0.717, 1.165) is 0 Å². The zero-order valence-corrected chi connectivity index (χ0v) is 12.8. The lowest BCUT2D eigenvalue weighted by Crippen LogP contribution is -2.36. The molecule has 0 aliphatic carbocycles. The van der Waals surface area contributed by atoms with Crippen LogP contribution in [0, 0.1) is 28.5 Å². The van der Waals surface area contributed by atoms with Crippen molar-refractivity contribution in [2.75, 3.05) is 19.7 Å². The van der Waals surface area contributed by atoms with Gasteiger partial charge in [-0.05, 0) is 34.1 Å². The molecule has 0 radical (unpaired) electrons. The molecule has 1 amide bonds. The van der Waals surface area contributed by atoms with E-state index >= 15 is 0 Å². The van der Waals surface area contributed by atoms with Crippen LogP contribution in [0.25, 0.3) is 0 Å². The Bertz CT molecular complexity index is 563. The highest BCUT2D eigenvalue weighted by molar-refractivity contribution is 9.10. The van der Waals surface area contributed by atoms with E-state index < -0.39 is 5.82 Å². The van der Waals surface area contributed by atoms with E-state index in [1.807, 2.05) is 12.1 Å². The fourth-order valence-electron chi connectivity index (χ4n) is 1.55. The smallest absolute Gasteiger partial charge is 0.260 e. The van der Waals surface area contributed by atoms with Gasteiger partial charge in [0.1, 0.15) is 11.6 Å². The molecule has 5 nitrogen and oxygen atoms in total. The predicted octanol–water partition coefficient (Wildman–Crippen LogP) is 2.62. The Hall–Kier alpha value is -2.12. The van der Waals surface area contributed by atoms with Crippen molar-refractivity contribution in [3.05, 3.63) is 28.5 Å². The SMILES string of the molecule is N#CCCN(CCC#N)C(=O)COc1ccc(F)cc1Br. The van der Waals surface area contributed by atoms with Crippen molar-refractivity contribution in [2.45, 2.75) is 12.8 Å². The van der Waals surface area contributed by atoms with Crippen LogP contribution in [0.3, 0.4) is 0 Å². The zero-order valence-electron chi connectivity index (χ0n) is 11.2. The molecule has 110 valence electrons. The van der Waals surface area contributed by atoms with E-state index in [9.17, 15) is 9.18 Å². The van der Waals surface area contributed by atoms with Crippen LogP contribution in [0.2, 0.25) is 0 Å². The number of carbonyl (C=O) groups is 1. The van der Waals surface area contributed by atoms with Gasteiger partial charge < -0.3 is 9.64 Å². The first-order chi connectivity index (χ1) is 10.1. The fraction of sp³-hybridized carbons (Fsp3) is 0.357. The van der Waals surface area contributed by atoms with Crippen molar-refractivity contribution in [2.24, 2.45) is 0 Å². The molecule has 7 heteroatoms. The summed E-state index contributed by atoms with van der Waals surface area (Å²) < 4.78 is 18.7. The van der Waals surface area contributed by atoms with Crippen molar-refractivity contribution in [3.63, 3.8) is 0 Å². The summed E-state index contributed by atoms with van der Waals surface area (Å²) in [6.07, 6.45) is 0.384. The standard InChI is InChI=1S/C14H13BrFN3O2/c15-12-9-11(16)3-4-13(12)21-10-14(20)19(7-1-5-17)8-2-6-18/h3-4,9H,1-2,7-8,10H2. The average Bonchev–Trinajstić information content (AvgIpc) is 2.46. The molecule has 0 aromatic heterocycles. The zero-order chi connectivity index (χ0) is 15.7. The number of ether oxygens (including phenoxy) is 1. The second kappa shape index (κ2) is 8.93. The Morgan fingerprint density at radius 2 is 1.90 bits per heavy atom. The van der Waals surface area contributed by atoms with Gasteiger partial charge in [-0.15, -0.1) is 0 Å². The summed E-state index contributed by atoms with van der Waals surface area (Å²) in [5.74, 6) is -0.382. The molecule has 0 atom stereocenters. The molecular formula is C14H13BrFN3O2. The van der Waals surface area contributed by atoms with Crippen LogP contribution < -0.4 is 4.74 Å². The number of nitriles is 2. The average molecular weight is 354 g/mol. The molecule has 21 heavy (non-hydrogen) atoms. The van der Waals surface area contributed by atoms with Gasteiger partial charge in [0.25, 0.3) is 5.91 Å². The third kappa shape index (κ3) is 5.80. The van der Waals surface area contributed by atoms with E-state index in [4.69, 9.17) is 15.3 Å². The third-order valence-electron chi connectivity index (χ3n) is 2.58. The second-order valence-electron chi connectivity index (χ2n) is 4.06. The molecule has 0 bridgehead atoms. The quantitative estimate of drug-likeness (QED) is 0.754. The molecule has 0 aliphatic rings. The van der Waals surface area contributed by atoms with E-state index in [1.165, 1.54) is 23.1 Å². The van der Waals surface area contributed by atoms with Crippen molar-refractivity contribution in [1.29, 1.82) is 10.5 Å². The molecule has 1 rings (SSSR count). The van der Waals surface area contributed by atoms with Crippen molar-refractivity contribution >= 4 is 21.8 Å². The van der Waals surface area contributed by atoms with Crippen LogP contribution in [-0.2, 0) is 4.79 Å². The summed E-state index contributed by atoms with van der Waals surface area (Å²) in [4.78, 5) is 13.4. The molecule has 0 unspecified atom stereocenters. The molecule has 1 aromatic carbocycles. The van der Waals surface area contributed by atoms with Gasteiger partial charge in [0.15, 0.2) is 6.61 Å². The van der Waals surface area contributed by atoms with E-state index in [0.29, 0.717) is 10.2 Å². The van der Waals surface area contributed by atoms with Gasteiger partial charge in [0, 0.05) is 13.1 Å². The Morgan fingerprint density at radius 3 is 2.43 bits per heavy atom. The van der Waals surface area contributed by atoms with Crippen molar-refractivity contribution < 1.29 is 13.9 Å². The number of nitrogens with zero attached hydrogens (tertiary/aromatic N) is 3. The molecule has 0 saturated heterocycles. The number of amides is 1. The highest BCUT2D eigenvalue weighted by Gasteiger charge is 2.14. The number of rotatable bonds is 7. The van der Waals surface area contributed by atoms with Crippen LogP contribution in [0.5, 0.6) is 5.75 Å². The predicted molar refractivity (Wildman–Crippen MR) is 76.6 cm³/mol. The van der Waals surface area contributed by atoms with Crippen LogP contribution in [-0.4, -0.2) is 30.5 Å². The molecular weight excluding hydrogens is 341 g/mol. The Labute approximate surface area is 130 Å². The maximum Gasteiger partial charge on any atom is 0.260 e. The summed E-state index contributed by atoms with van der Waals surface area (Å²) >= 11 is 3.14. The Morgan fingerprint density at radius 1 is 1.29 bits per heavy atom. The summed E-state index contributed by atoms with van der Waals surface area (Å²) in [7, 11) is 0. The highest BCUT2D eigenvalue weighted by Crippen LogP contribution is 2.25. The van der Waals surface area contributed by atoms with E-state index in [1.54, 1.807) is 0 Å². The van der Waals surface area contributed by atoms with Gasteiger partial charge in [-0.3, -0.25) is 4.79 Å². The van der Waals surface area contributed by atoms with Gasteiger partial charge in [-0.1, -0.05) is 0 Å². The van der Waals surface area contributed by atoms with Crippen molar-refractivity contribution in [3.8, 4) is 17.9 Å². The lowest BCUT2D eigenvalue weighted by molar-refractivity contribution is -0.133. The first kappa shape index (κ1) is 16.9. The largest absolute Gasteiger partial charge is 0.483 e. The normalized spacial score (nSPS) is 9.52. The summed E-state index contributed by atoms with van der Waals surface area (Å²) in [5.41, 5.74) is 0. The molecule has 0 aliphatic heterocycles. The van der Waals surface area contributed by atoms with Crippen LogP contribution in [0.1, 0.15) is 12.8 Å². The van der Waals surface area contributed by atoms with Crippen LogP contribution >= 0.6 is 15.9 Å². The number of hydrogen-bond donors (Lipinski definition) is 0. The third-order valence-corrected chi connectivity index (χ3v) is 3.20. The molecule has 1 aromatic rings. The van der Waals surface area contributed by atoms with E-state index in [-0.39, 0.29) is 38.4 Å². The van der Waals surface area contributed by atoms with Gasteiger partial charge in [-0.2, -0.15) is 10.5 Å². The van der Waals surface area contributed by atoms with Gasteiger partial charge >= 0.3 is 0 Å².